The second kappa shape index (κ2) is 11.5. The number of nitrogens with zero attached hydrogens (tertiary/aromatic N) is 2. The first kappa shape index (κ1) is 29.0. The maximum Gasteiger partial charge on any atom is 0.232 e. The van der Waals surface area contributed by atoms with Crippen LogP contribution in [-0.2, 0) is 19.9 Å². The molecule has 2 heterocycles. The van der Waals surface area contributed by atoms with Crippen molar-refractivity contribution in [2.24, 2.45) is 0 Å². The van der Waals surface area contributed by atoms with Gasteiger partial charge in [-0.05, 0) is 79.6 Å². The molecule has 0 aliphatic heterocycles. The minimum absolute atomic E-state index is 0.0207. The van der Waals surface area contributed by atoms with Crippen LogP contribution < -0.4 is 9.62 Å². The molecule has 0 radical (unpaired) electrons. The van der Waals surface area contributed by atoms with Crippen molar-refractivity contribution in [1.29, 1.82) is 0 Å². The summed E-state index contributed by atoms with van der Waals surface area (Å²) in [6, 6.07) is 21.8. The number of fused-ring (bicyclic) bond motifs is 1. The normalized spacial score (nSPS) is 13.8. The fourth-order valence-corrected chi connectivity index (χ4v) is 7.11. The molecule has 5 aromatic rings. The van der Waals surface area contributed by atoms with E-state index in [0.717, 1.165) is 46.3 Å². The Balaban J connectivity index is 1.42. The van der Waals surface area contributed by atoms with Crippen molar-refractivity contribution in [3.05, 3.63) is 84.7 Å². The molecule has 0 bridgehead atoms. The number of hydrogen-bond donors (Lipinski definition) is 2. The molecule has 0 saturated heterocycles. The third-order valence-electron chi connectivity index (χ3n) is 7.59. The molecule has 0 atom stereocenters. The molecule has 1 aliphatic carbocycles. The molecular weight excluding hydrogens is 585 g/mol. The van der Waals surface area contributed by atoms with Crippen molar-refractivity contribution < 1.29 is 21.3 Å². The molecule has 43 heavy (non-hydrogen) atoms. The first-order chi connectivity index (χ1) is 20.6. The zero-order chi connectivity index (χ0) is 30.2. The molecule has 1 fully saturated rings. The molecule has 1 aliphatic rings. The number of aromatic amines is 1. The fourth-order valence-electron chi connectivity index (χ4n) is 5.40. The summed E-state index contributed by atoms with van der Waals surface area (Å²) >= 11 is 0. The van der Waals surface area contributed by atoms with Gasteiger partial charge < -0.3 is 14.7 Å². The number of para-hydroxylation sites is 1. The maximum atomic E-state index is 13.1. The van der Waals surface area contributed by atoms with Gasteiger partial charge in [0, 0.05) is 59.3 Å². The number of rotatable bonds is 12. The van der Waals surface area contributed by atoms with Gasteiger partial charge in [-0.15, -0.1) is 0 Å². The van der Waals surface area contributed by atoms with Crippen molar-refractivity contribution in [1.82, 2.24) is 9.97 Å². The smallest absolute Gasteiger partial charge is 0.232 e. The second-order valence-corrected chi connectivity index (χ2v) is 15.3. The van der Waals surface area contributed by atoms with Crippen LogP contribution in [0.5, 0.6) is 0 Å². The van der Waals surface area contributed by atoms with Gasteiger partial charge in [0.15, 0.2) is 0 Å². The first-order valence-corrected chi connectivity index (χ1v) is 18.2. The SMILES string of the molecule is CS(=O)(=O)CCCCN(c1cc2oc(-c3ccc(Nc4ccccc4)cc3)c(-c3ncc[nH]3)c2cc1C1CC1)S(C)(=O)=O. The summed E-state index contributed by atoms with van der Waals surface area (Å²) in [5, 5.41) is 4.25. The Morgan fingerprint density at radius 3 is 2.30 bits per heavy atom. The third kappa shape index (κ3) is 6.62. The molecule has 224 valence electrons. The largest absolute Gasteiger partial charge is 0.455 e. The Morgan fingerprint density at radius 2 is 1.67 bits per heavy atom. The number of benzene rings is 3. The van der Waals surface area contributed by atoms with Gasteiger partial charge in [0.2, 0.25) is 10.0 Å². The van der Waals surface area contributed by atoms with Crippen LogP contribution >= 0.6 is 0 Å². The summed E-state index contributed by atoms with van der Waals surface area (Å²) in [6.07, 6.45) is 8.60. The minimum atomic E-state index is -3.64. The molecule has 2 aromatic heterocycles. The molecule has 0 spiro atoms. The van der Waals surface area contributed by atoms with E-state index in [1.54, 1.807) is 12.4 Å². The van der Waals surface area contributed by atoms with Gasteiger partial charge in [0.25, 0.3) is 0 Å². The molecule has 0 amide bonds. The molecular formula is C32H34N4O5S2. The van der Waals surface area contributed by atoms with Crippen LogP contribution in [0.3, 0.4) is 0 Å². The number of aromatic nitrogens is 2. The second-order valence-electron chi connectivity index (χ2n) is 11.2. The lowest BCUT2D eigenvalue weighted by Gasteiger charge is -2.25. The van der Waals surface area contributed by atoms with Crippen LogP contribution in [-0.4, -0.2) is 51.6 Å². The lowest BCUT2D eigenvalue weighted by Crippen LogP contribution is -2.32. The van der Waals surface area contributed by atoms with Crippen molar-refractivity contribution in [3.8, 4) is 22.7 Å². The highest BCUT2D eigenvalue weighted by molar-refractivity contribution is 7.92. The van der Waals surface area contributed by atoms with E-state index >= 15 is 0 Å². The number of sulfone groups is 1. The van der Waals surface area contributed by atoms with Crippen molar-refractivity contribution >= 4 is 47.9 Å². The zero-order valence-electron chi connectivity index (χ0n) is 24.1. The minimum Gasteiger partial charge on any atom is -0.455 e. The number of imidazole rings is 1. The average Bonchev–Trinajstić information content (AvgIpc) is 3.53. The Labute approximate surface area is 251 Å². The maximum absolute atomic E-state index is 13.1. The summed E-state index contributed by atoms with van der Waals surface area (Å²) in [5.74, 6) is 1.56. The van der Waals surface area contributed by atoms with E-state index < -0.39 is 19.9 Å². The van der Waals surface area contributed by atoms with E-state index in [0.29, 0.717) is 35.7 Å². The van der Waals surface area contributed by atoms with Crippen LogP contribution in [0.1, 0.15) is 37.2 Å². The van der Waals surface area contributed by atoms with E-state index in [1.807, 2.05) is 66.7 Å². The number of furan rings is 1. The molecule has 11 heteroatoms. The standard InChI is InChI=1S/C32H34N4O5S2/c1-42(37,38)19-7-6-18-36(43(2,39)40)28-21-29-27(20-26(28)22-10-11-22)30(32-33-16-17-34-32)31(41-29)23-12-14-25(15-13-23)35-24-8-4-3-5-9-24/h3-5,8-9,12-17,20-22,35H,6-7,10-11,18-19H2,1-2H3,(H,33,34). The van der Waals surface area contributed by atoms with Gasteiger partial charge in [-0.3, -0.25) is 4.31 Å². The zero-order valence-corrected chi connectivity index (χ0v) is 25.7. The van der Waals surface area contributed by atoms with Gasteiger partial charge in [-0.2, -0.15) is 0 Å². The monoisotopic (exact) mass is 618 g/mol. The van der Waals surface area contributed by atoms with E-state index in [4.69, 9.17) is 4.42 Å². The average molecular weight is 619 g/mol. The number of hydrogen-bond acceptors (Lipinski definition) is 7. The molecule has 2 N–H and O–H groups in total. The summed E-state index contributed by atoms with van der Waals surface area (Å²) in [5.41, 5.74) is 5.68. The van der Waals surface area contributed by atoms with Gasteiger partial charge in [0.05, 0.1) is 17.5 Å². The van der Waals surface area contributed by atoms with Crippen molar-refractivity contribution in [2.45, 2.75) is 31.6 Å². The highest BCUT2D eigenvalue weighted by Gasteiger charge is 2.32. The van der Waals surface area contributed by atoms with Gasteiger partial charge in [-0.25, -0.2) is 21.8 Å². The number of nitrogens with one attached hydrogen (secondary N) is 2. The highest BCUT2D eigenvalue weighted by atomic mass is 32.2. The van der Waals surface area contributed by atoms with Gasteiger partial charge in [-0.1, -0.05) is 18.2 Å². The molecule has 0 unspecified atom stereocenters. The van der Waals surface area contributed by atoms with E-state index in [1.165, 1.54) is 16.8 Å². The highest BCUT2D eigenvalue weighted by Crippen LogP contribution is 2.49. The summed E-state index contributed by atoms with van der Waals surface area (Å²) in [4.78, 5) is 7.76. The fraction of sp³-hybridized carbons (Fsp3) is 0.281. The van der Waals surface area contributed by atoms with E-state index in [2.05, 4.69) is 15.3 Å². The summed E-state index contributed by atoms with van der Waals surface area (Å²) in [6.45, 7) is 0.189. The Kier molecular flexibility index (Phi) is 7.78. The first-order valence-electron chi connectivity index (χ1n) is 14.2. The number of H-pyrrole nitrogens is 1. The molecule has 6 rings (SSSR count). The topological polar surface area (TPSA) is 125 Å². The van der Waals surface area contributed by atoms with Crippen LogP contribution in [0, 0.1) is 0 Å². The molecule has 3 aromatic carbocycles. The predicted molar refractivity (Wildman–Crippen MR) is 172 cm³/mol. The number of unbranched alkanes of at least 4 members (excludes halogenated alkanes) is 1. The third-order valence-corrected chi connectivity index (χ3v) is 9.80. The Hall–Kier alpha value is -4.09. The van der Waals surface area contributed by atoms with Crippen molar-refractivity contribution in [3.63, 3.8) is 0 Å². The van der Waals surface area contributed by atoms with Crippen LogP contribution in [0.15, 0.2) is 83.5 Å². The Morgan fingerprint density at radius 1 is 0.953 bits per heavy atom. The van der Waals surface area contributed by atoms with Crippen LogP contribution in [0.4, 0.5) is 17.1 Å². The molecule has 9 nitrogen and oxygen atoms in total. The predicted octanol–water partition coefficient (Wildman–Crippen LogP) is 6.70. The van der Waals surface area contributed by atoms with E-state index in [-0.39, 0.29) is 18.2 Å². The summed E-state index contributed by atoms with van der Waals surface area (Å²) < 4.78 is 57.3. The quantitative estimate of drug-likeness (QED) is 0.149. The van der Waals surface area contributed by atoms with Crippen LogP contribution in [0.2, 0.25) is 0 Å². The number of sulfonamides is 1. The Bertz CT molecular complexity index is 1950. The van der Waals surface area contributed by atoms with Crippen LogP contribution in [0.25, 0.3) is 33.7 Å². The van der Waals surface area contributed by atoms with E-state index in [9.17, 15) is 16.8 Å². The lowest BCUT2D eigenvalue weighted by molar-refractivity contribution is 0.592. The van der Waals surface area contributed by atoms with Gasteiger partial charge in [0.1, 0.15) is 27.0 Å². The molecule has 1 saturated carbocycles. The summed E-state index contributed by atoms with van der Waals surface area (Å²) in [7, 11) is -6.77. The van der Waals surface area contributed by atoms with Gasteiger partial charge >= 0.3 is 0 Å². The van der Waals surface area contributed by atoms with Crippen molar-refractivity contribution in [2.75, 3.05) is 34.4 Å². The number of anilines is 3. The lowest BCUT2D eigenvalue weighted by atomic mass is 10.00.